The third-order valence-corrected chi connectivity index (χ3v) is 2.74. The number of aromatic nitrogens is 1. The van der Waals surface area contributed by atoms with Crippen LogP contribution in [0, 0.1) is 6.92 Å². The molecule has 0 aliphatic rings. The Morgan fingerprint density at radius 1 is 1.42 bits per heavy atom. The molecule has 0 aliphatic carbocycles. The van der Waals surface area contributed by atoms with Crippen molar-refractivity contribution < 1.29 is 9.21 Å². The van der Waals surface area contributed by atoms with Crippen LogP contribution < -0.4 is 11.1 Å². The molecule has 2 heterocycles. The van der Waals surface area contributed by atoms with Gasteiger partial charge in [-0.25, -0.2) is 0 Å². The molecular formula is C14H17N3O2. The Hall–Kier alpha value is -2.14. The number of nitrogens with zero attached hydrogens (tertiary/aromatic N) is 1. The van der Waals surface area contributed by atoms with Crippen LogP contribution in [0.5, 0.6) is 0 Å². The Kier molecular flexibility index (Phi) is 4.30. The van der Waals surface area contributed by atoms with E-state index in [1.54, 1.807) is 18.3 Å². The highest BCUT2D eigenvalue weighted by molar-refractivity contribution is 5.94. The largest absolute Gasteiger partial charge is 0.466 e. The van der Waals surface area contributed by atoms with Crippen molar-refractivity contribution in [3.05, 3.63) is 53.2 Å². The summed E-state index contributed by atoms with van der Waals surface area (Å²) in [4.78, 5) is 15.9. The number of carbonyl (C=O) groups is 1. The highest BCUT2D eigenvalue weighted by atomic mass is 16.3. The zero-order valence-corrected chi connectivity index (χ0v) is 10.8. The van der Waals surface area contributed by atoms with Gasteiger partial charge in [0.05, 0.1) is 5.69 Å². The van der Waals surface area contributed by atoms with Crippen LogP contribution >= 0.6 is 0 Å². The van der Waals surface area contributed by atoms with Crippen LogP contribution in [-0.2, 0) is 13.0 Å². The van der Waals surface area contributed by atoms with Crippen LogP contribution in [0.1, 0.15) is 27.6 Å². The summed E-state index contributed by atoms with van der Waals surface area (Å²) in [7, 11) is 0. The average Bonchev–Trinajstić information content (AvgIpc) is 2.84. The quantitative estimate of drug-likeness (QED) is 0.850. The third-order valence-electron chi connectivity index (χ3n) is 2.74. The van der Waals surface area contributed by atoms with Gasteiger partial charge >= 0.3 is 0 Å². The molecule has 3 N–H and O–H groups in total. The highest BCUT2D eigenvalue weighted by Crippen LogP contribution is 2.06. The van der Waals surface area contributed by atoms with Crippen LogP contribution in [-0.4, -0.2) is 17.4 Å². The number of hydrogen-bond acceptors (Lipinski definition) is 4. The van der Waals surface area contributed by atoms with E-state index in [4.69, 9.17) is 10.2 Å². The second-order valence-corrected chi connectivity index (χ2v) is 4.26. The molecule has 0 radical (unpaired) electrons. The third kappa shape index (κ3) is 3.66. The molecule has 19 heavy (non-hydrogen) atoms. The lowest BCUT2D eigenvalue weighted by Gasteiger charge is -2.05. The molecule has 2 aromatic heterocycles. The Bertz CT molecular complexity index is 563. The minimum atomic E-state index is -0.125. The molecule has 0 atom stereocenters. The first-order valence-corrected chi connectivity index (χ1v) is 6.17. The van der Waals surface area contributed by atoms with Crippen molar-refractivity contribution in [1.29, 1.82) is 0 Å². The SMILES string of the molecule is Cc1ccc(CCNC(=O)c2ccnc(CN)c2)o1. The molecule has 5 nitrogen and oxygen atoms in total. The first-order chi connectivity index (χ1) is 9.19. The monoisotopic (exact) mass is 259 g/mol. The summed E-state index contributed by atoms with van der Waals surface area (Å²) < 4.78 is 5.43. The van der Waals surface area contributed by atoms with Crippen molar-refractivity contribution in [2.45, 2.75) is 19.9 Å². The smallest absolute Gasteiger partial charge is 0.251 e. The number of rotatable bonds is 5. The van der Waals surface area contributed by atoms with Gasteiger partial charge in [-0.2, -0.15) is 0 Å². The van der Waals surface area contributed by atoms with Gasteiger partial charge in [0.25, 0.3) is 5.91 Å². The van der Waals surface area contributed by atoms with E-state index in [-0.39, 0.29) is 5.91 Å². The summed E-state index contributed by atoms with van der Waals surface area (Å²) in [5.41, 5.74) is 6.77. The van der Waals surface area contributed by atoms with E-state index in [9.17, 15) is 4.79 Å². The molecule has 2 rings (SSSR count). The van der Waals surface area contributed by atoms with Gasteiger partial charge in [0.1, 0.15) is 11.5 Å². The number of furan rings is 1. The van der Waals surface area contributed by atoms with Crippen molar-refractivity contribution in [3.63, 3.8) is 0 Å². The normalized spacial score (nSPS) is 10.4. The van der Waals surface area contributed by atoms with E-state index in [0.29, 0.717) is 30.8 Å². The van der Waals surface area contributed by atoms with Crippen molar-refractivity contribution in [2.75, 3.05) is 6.54 Å². The standard InChI is InChI=1S/C14H17N3O2/c1-10-2-3-13(19-10)5-7-17-14(18)11-4-6-16-12(8-11)9-15/h2-4,6,8H,5,7,9,15H2,1H3,(H,17,18). The molecular weight excluding hydrogens is 242 g/mol. The number of hydrogen-bond donors (Lipinski definition) is 2. The van der Waals surface area contributed by atoms with Crippen LogP contribution in [0.25, 0.3) is 0 Å². The Balaban J connectivity index is 1.87. The zero-order valence-electron chi connectivity index (χ0n) is 10.8. The van der Waals surface area contributed by atoms with E-state index in [2.05, 4.69) is 10.3 Å². The van der Waals surface area contributed by atoms with Crippen LogP contribution in [0.3, 0.4) is 0 Å². The van der Waals surface area contributed by atoms with E-state index < -0.39 is 0 Å². The summed E-state index contributed by atoms with van der Waals surface area (Å²) in [6.07, 6.45) is 2.27. The Labute approximate surface area is 111 Å². The minimum Gasteiger partial charge on any atom is -0.466 e. The molecule has 0 saturated heterocycles. The molecule has 0 spiro atoms. The Morgan fingerprint density at radius 3 is 2.95 bits per heavy atom. The number of aryl methyl sites for hydroxylation is 1. The van der Waals surface area contributed by atoms with Gasteiger partial charge in [-0.15, -0.1) is 0 Å². The number of amides is 1. The van der Waals surface area contributed by atoms with E-state index >= 15 is 0 Å². The lowest BCUT2D eigenvalue weighted by atomic mass is 10.2. The molecule has 2 aromatic rings. The molecule has 0 bridgehead atoms. The maximum absolute atomic E-state index is 11.9. The lowest BCUT2D eigenvalue weighted by molar-refractivity contribution is 0.0953. The minimum absolute atomic E-state index is 0.125. The second-order valence-electron chi connectivity index (χ2n) is 4.26. The summed E-state index contributed by atoms with van der Waals surface area (Å²) in [6.45, 7) is 2.76. The van der Waals surface area contributed by atoms with E-state index in [1.165, 1.54) is 0 Å². The second kappa shape index (κ2) is 6.15. The molecule has 0 unspecified atom stereocenters. The first-order valence-electron chi connectivity index (χ1n) is 6.17. The van der Waals surface area contributed by atoms with Gasteiger partial charge < -0.3 is 15.5 Å². The first kappa shape index (κ1) is 13.3. The van der Waals surface area contributed by atoms with Crippen LogP contribution in [0.15, 0.2) is 34.9 Å². The van der Waals surface area contributed by atoms with Crippen molar-refractivity contribution in [1.82, 2.24) is 10.3 Å². The van der Waals surface area contributed by atoms with Gasteiger partial charge in [0, 0.05) is 31.3 Å². The van der Waals surface area contributed by atoms with Crippen molar-refractivity contribution in [3.8, 4) is 0 Å². The molecule has 1 amide bonds. The Morgan fingerprint density at radius 2 is 2.26 bits per heavy atom. The number of nitrogens with two attached hydrogens (primary N) is 1. The molecule has 0 fully saturated rings. The van der Waals surface area contributed by atoms with Gasteiger partial charge in [-0.3, -0.25) is 9.78 Å². The fraction of sp³-hybridized carbons (Fsp3) is 0.286. The predicted octanol–water partition coefficient (Wildman–Crippen LogP) is 1.41. The molecule has 5 heteroatoms. The zero-order chi connectivity index (χ0) is 13.7. The number of pyridine rings is 1. The van der Waals surface area contributed by atoms with E-state index in [1.807, 2.05) is 19.1 Å². The lowest BCUT2D eigenvalue weighted by Crippen LogP contribution is -2.25. The van der Waals surface area contributed by atoms with Gasteiger partial charge in [-0.05, 0) is 31.2 Å². The predicted molar refractivity (Wildman–Crippen MR) is 71.6 cm³/mol. The average molecular weight is 259 g/mol. The van der Waals surface area contributed by atoms with E-state index in [0.717, 1.165) is 11.5 Å². The molecule has 0 aromatic carbocycles. The van der Waals surface area contributed by atoms with Crippen LogP contribution in [0.4, 0.5) is 0 Å². The summed E-state index contributed by atoms with van der Waals surface area (Å²) in [5, 5.41) is 2.84. The fourth-order valence-corrected chi connectivity index (χ4v) is 1.75. The van der Waals surface area contributed by atoms with Gasteiger partial charge in [-0.1, -0.05) is 0 Å². The van der Waals surface area contributed by atoms with Crippen LogP contribution in [0.2, 0.25) is 0 Å². The topological polar surface area (TPSA) is 81.2 Å². The van der Waals surface area contributed by atoms with Gasteiger partial charge in [0.15, 0.2) is 0 Å². The summed E-state index contributed by atoms with van der Waals surface area (Å²) in [6, 6.07) is 7.20. The summed E-state index contributed by atoms with van der Waals surface area (Å²) in [5.74, 6) is 1.62. The maximum atomic E-state index is 11.9. The van der Waals surface area contributed by atoms with Gasteiger partial charge in [0.2, 0.25) is 0 Å². The molecule has 0 saturated carbocycles. The fourth-order valence-electron chi connectivity index (χ4n) is 1.75. The highest BCUT2D eigenvalue weighted by Gasteiger charge is 2.06. The number of nitrogens with one attached hydrogen (secondary N) is 1. The summed E-state index contributed by atoms with van der Waals surface area (Å²) >= 11 is 0. The van der Waals surface area contributed by atoms with Crippen molar-refractivity contribution >= 4 is 5.91 Å². The molecule has 0 aliphatic heterocycles. The van der Waals surface area contributed by atoms with Crippen molar-refractivity contribution in [2.24, 2.45) is 5.73 Å². The number of carbonyl (C=O) groups excluding carboxylic acids is 1. The molecule has 100 valence electrons. The maximum Gasteiger partial charge on any atom is 0.251 e.